The Labute approximate surface area is 174 Å². The second kappa shape index (κ2) is 8.61. The van der Waals surface area contributed by atoms with Crippen molar-refractivity contribution in [2.45, 2.75) is 13.3 Å². The van der Waals surface area contributed by atoms with E-state index in [9.17, 15) is 9.59 Å². The molecule has 1 saturated heterocycles. The number of methoxy groups -OCH3 is 3. The Bertz CT molecular complexity index is 901. The number of hydrogen-bond acceptors (Lipinski definition) is 5. The summed E-state index contributed by atoms with van der Waals surface area (Å²) in [6.45, 7) is 2.11. The summed E-state index contributed by atoms with van der Waals surface area (Å²) in [7, 11) is 4.53. The van der Waals surface area contributed by atoms with Crippen LogP contribution in [0.5, 0.6) is 17.2 Å². The number of amides is 2. The summed E-state index contributed by atoms with van der Waals surface area (Å²) < 4.78 is 16.0. The molecule has 0 aromatic heterocycles. The van der Waals surface area contributed by atoms with E-state index in [1.54, 1.807) is 23.1 Å². The van der Waals surface area contributed by atoms with Crippen LogP contribution in [0.1, 0.15) is 12.0 Å². The normalized spacial score (nSPS) is 16.0. The zero-order chi connectivity index (χ0) is 21.1. The van der Waals surface area contributed by atoms with Crippen molar-refractivity contribution < 1.29 is 23.8 Å². The number of carbonyl (C=O) groups excluding carboxylic acids is 2. The quantitative estimate of drug-likeness (QED) is 0.774. The van der Waals surface area contributed by atoms with Gasteiger partial charge in [0.2, 0.25) is 17.6 Å². The van der Waals surface area contributed by atoms with E-state index in [-0.39, 0.29) is 24.8 Å². The number of aryl methyl sites for hydroxylation is 1. The Morgan fingerprint density at radius 3 is 2.34 bits per heavy atom. The minimum absolute atomic E-state index is 0.103. The maximum absolute atomic E-state index is 12.8. The summed E-state index contributed by atoms with van der Waals surface area (Å²) in [5, 5.41) is 3.32. The van der Waals surface area contributed by atoms with Crippen LogP contribution in [-0.4, -0.2) is 39.7 Å². The molecule has 0 radical (unpaired) electrons. The van der Waals surface area contributed by atoms with Gasteiger partial charge in [-0.15, -0.1) is 0 Å². The molecule has 7 nitrogen and oxygen atoms in total. The van der Waals surface area contributed by atoms with Gasteiger partial charge in [-0.05, 0) is 18.6 Å². The number of carbonyl (C=O) groups is 2. The first-order valence-electron chi connectivity index (χ1n) is 9.06. The summed E-state index contributed by atoms with van der Waals surface area (Å²) in [6.07, 6.45) is 0.103. The summed E-state index contributed by atoms with van der Waals surface area (Å²) in [5.74, 6) is 0.412. The molecule has 0 aliphatic carbocycles. The van der Waals surface area contributed by atoms with Gasteiger partial charge in [0.05, 0.1) is 43.6 Å². The molecular formula is C21H23ClN2O5. The molecule has 0 unspecified atom stereocenters. The lowest BCUT2D eigenvalue weighted by atomic mass is 10.1. The molecular weight excluding hydrogens is 396 g/mol. The number of para-hydroxylation sites is 1. The molecule has 1 aliphatic heterocycles. The fraction of sp³-hybridized carbons (Fsp3) is 0.333. The minimum Gasteiger partial charge on any atom is -0.493 e. The van der Waals surface area contributed by atoms with Gasteiger partial charge in [0.25, 0.3) is 0 Å². The molecule has 1 heterocycles. The zero-order valence-electron chi connectivity index (χ0n) is 16.7. The van der Waals surface area contributed by atoms with Crippen LogP contribution < -0.4 is 24.4 Å². The third-order valence-electron chi connectivity index (χ3n) is 4.93. The zero-order valence-corrected chi connectivity index (χ0v) is 17.5. The predicted molar refractivity (Wildman–Crippen MR) is 111 cm³/mol. The third kappa shape index (κ3) is 4.10. The molecule has 0 bridgehead atoms. The second-order valence-corrected chi connectivity index (χ2v) is 7.12. The van der Waals surface area contributed by atoms with Crippen LogP contribution in [0, 0.1) is 12.8 Å². The number of benzene rings is 2. The molecule has 0 saturated carbocycles. The number of anilines is 2. The molecule has 1 atom stereocenters. The van der Waals surface area contributed by atoms with Crippen LogP contribution >= 0.6 is 11.6 Å². The van der Waals surface area contributed by atoms with E-state index in [0.29, 0.717) is 33.6 Å². The second-order valence-electron chi connectivity index (χ2n) is 6.71. The van der Waals surface area contributed by atoms with Crippen LogP contribution in [0.15, 0.2) is 30.3 Å². The maximum atomic E-state index is 12.8. The smallest absolute Gasteiger partial charge is 0.229 e. The van der Waals surface area contributed by atoms with Gasteiger partial charge in [-0.3, -0.25) is 9.59 Å². The fourth-order valence-corrected chi connectivity index (χ4v) is 3.64. The first-order chi connectivity index (χ1) is 13.9. The van der Waals surface area contributed by atoms with E-state index in [2.05, 4.69) is 5.32 Å². The van der Waals surface area contributed by atoms with E-state index in [1.165, 1.54) is 21.3 Å². The van der Waals surface area contributed by atoms with Gasteiger partial charge in [0, 0.05) is 25.1 Å². The van der Waals surface area contributed by atoms with E-state index < -0.39 is 5.92 Å². The standard InChI is InChI=1S/C21H23ClN2O5/c1-12-6-5-7-15(22)19(12)23-21(26)13-8-18(25)24(11-13)14-9-16(27-2)20(29-4)17(10-14)28-3/h5-7,9-10,13H,8,11H2,1-4H3,(H,23,26)/t13-/m0/s1. The number of ether oxygens (including phenoxy) is 3. The minimum atomic E-state index is -0.503. The Kier molecular flexibility index (Phi) is 6.17. The average Bonchev–Trinajstić information content (AvgIpc) is 3.11. The molecule has 2 amide bonds. The highest BCUT2D eigenvalue weighted by Gasteiger charge is 2.36. The Morgan fingerprint density at radius 1 is 1.14 bits per heavy atom. The highest BCUT2D eigenvalue weighted by atomic mass is 35.5. The van der Waals surface area contributed by atoms with Gasteiger partial charge in [-0.25, -0.2) is 0 Å². The number of nitrogens with zero attached hydrogens (tertiary/aromatic N) is 1. The molecule has 1 N–H and O–H groups in total. The molecule has 154 valence electrons. The van der Waals surface area contributed by atoms with Gasteiger partial charge in [0.1, 0.15) is 0 Å². The van der Waals surface area contributed by atoms with Crippen LogP contribution in [0.4, 0.5) is 11.4 Å². The first-order valence-corrected chi connectivity index (χ1v) is 9.43. The highest BCUT2D eigenvalue weighted by Crippen LogP contribution is 2.42. The molecule has 0 spiro atoms. The average molecular weight is 419 g/mol. The van der Waals surface area contributed by atoms with Crippen LogP contribution in [0.2, 0.25) is 5.02 Å². The summed E-state index contributed by atoms with van der Waals surface area (Å²) in [5.41, 5.74) is 2.00. The SMILES string of the molecule is COc1cc(N2C[C@@H](C(=O)Nc3c(C)cccc3Cl)CC2=O)cc(OC)c1OC. The number of nitrogens with one attached hydrogen (secondary N) is 1. The van der Waals surface area contributed by atoms with E-state index in [1.807, 2.05) is 19.1 Å². The van der Waals surface area contributed by atoms with Crippen molar-refractivity contribution in [3.05, 3.63) is 40.9 Å². The van der Waals surface area contributed by atoms with Crippen molar-refractivity contribution in [1.29, 1.82) is 0 Å². The van der Waals surface area contributed by atoms with Crippen LogP contribution in [0.25, 0.3) is 0 Å². The largest absolute Gasteiger partial charge is 0.493 e. The number of hydrogen-bond donors (Lipinski definition) is 1. The molecule has 2 aromatic rings. The summed E-state index contributed by atoms with van der Waals surface area (Å²) in [4.78, 5) is 27.0. The molecule has 2 aromatic carbocycles. The summed E-state index contributed by atoms with van der Waals surface area (Å²) in [6, 6.07) is 8.78. The Balaban J connectivity index is 1.82. The van der Waals surface area contributed by atoms with Crippen molar-refractivity contribution >= 4 is 34.8 Å². The maximum Gasteiger partial charge on any atom is 0.229 e. The summed E-state index contributed by atoms with van der Waals surface area (Å²) >= 11 is 6.20. The fourth-order valence-electron chi connectivity index (χ4n) is 3.37. The van der Waals surface area contributed by atoms with Crippen molar-refractivity contribution in [1.82, 2.24) is 0 Å². The van der Waals surface area contributed by atoms with Gasteiger partial charge in [-0.2, -0.15) is 0 Å². The van der Waals surface area contributed by atoms with Gasteiger partial charge >= 0.3 is 0 Å². The van der Waals surface area contributed by atoms with E-state index in [4.69, 9.17) is 25.8 Å². The van der Waals surface area contributed by atoms with Crippen molar-refractivity contribution in [3.63, 3.8) is 0 Å². The van der Waals surface area contributed by atoms with Crippen LogP contribution in [0.3, 0.4) is 0 Å². The lowest BCUT2D eigenvalue weighted by molar-refractivity contribution is -0.122. The van der Waals surface area contributed by atoms with E-state index >= 15 is 0 Å². The lowest BCUT2D eigenvalue weighted by Crippen LogP contribution is -2.28. The van der Waals surface area contributed by atoms with Gasteiger partial charge in [-0.1, -0.05) is 23.7 Å². The van der Waals surface area contributed by atoms with Crippen LogP contribution in [-0.2, 0) is 9.59 Å². The third-order valence-corrected chi connectivity index (χ3v) is 5.24. The molecule has 1 aliphatic rings. The number of halogens is 1. The monoisotopic (exact) mass is 418 g/mol. The molecule has 3 rings (SSSR count). The number of rotatable bonds is 6. The van der Waals surface area contributed by atoms with Crippen molar-refractivity contribution in [3.8, 4) is 17.2 Å². The Morgan fingerprint density at radius 2 is 1.79 bits per heavy atom. The molecule has 29 heavy (non-hydrogen) atoms. The van der Waals surface area contributed by atoms with Gasteiger partial charge in [0.15, 0.2) is 11.5 Å². The first kappa shape index (κ1) is 20.8. The topological polar surface area (TPSA) is 77.1 Å². The Hall–Kier alpha value is -2.93. The molecule has 8 heteroatoms. The van der Waals surface area contributed by atoms with Crippen molar-refractivity contribution in [2.75, 3.05) is 38.1 Å². The molecule has 1 fully saturated rings. The van der Waals surface area contributed by atoms with Crippen molar-refractivity contribution in [2.24, 2.45) is 5.92 Å². The van der Waals surface area contributed by atoms with E-state index in [0.717, 1.165) is 5.56 Å². The highest BCUT2D eigenvalue weighted by molar-refractivity contribution is 6.34. The lowest BCUT2D eigenvalue weighted by Gasteiger charge is -2.20. The van der Waals surface area contributed by atoms with Gasteiger partial charge < -0.3 is 24.4 Å². The predicted octanol–water partition coefficient (Wildman–Crippen LogP) is 3.67.